The van der Waals surface area contributed by atoms with E-state index in [-0.39, 0.29) is 12.1 Å². The normalized spacial score (nSPS) is 17.1. The van der Waals surface area contributed by atoms with Gasteiger partial charge >= 0.3 is 6.03 Å². The van der Waals surface area contributed by atoms with E-state index < -0.39 is 0 Å². The summed E-state index contributed by atoms with van der Waals surface area (Å²) in [4.78, 5) is 16.0. The third-order valence-electron chi connectivity index (χ3n) is 4.55. The van der Waals surface area contributed by atoms with Gasteiger partial charge in [-0.25, -0.2) is 4.79 Å². The molecule has 0 aliphatic carbocycles. The predicted molar refractivity (Wildman–Crippen MR) is 96.3 cm³/mol. The minimum Gasteiger partial charge on any atom is -0.464 e. The van der Waals surface area contributed by atoms with Gasteiger partial charge in [-0.05, 0) is 56.3 Å². The molecule has 0 spiro atoms. The molecule has 0 radical (unpaired) electrons. The second-order valence-electron chi connectivity index (χ2n) is 6.46. The number of fused-ring (bicyclic) bond motifs is 1. The van der Waals surface area contributed by atoms with Crippen LogP contribution in [-0.2, 0) is 13.0 Å². The highest BCUT2D eigenvalue weighted by atomic mass is 32.1. The summed E-state index contributed by atoms with van der Waals surface area (Å²) >= 11 is 1.85. The second kappa shape index (κ2) is 7.40. The quantitative estimate of drug-likeness (QED) is 0.871. The third kappa shape index (κ3) is 3.99. The summed E-state index contributed by atoms with van der Waals surface area (Å²) in [6.45, 7) is 8.65. The molecule has 2 aromatic heterocycles. The summed E-state index contributed by atoms with van der Waals surface area (Å²) < 4.78 is 5.54. The van der Waals surface area contributed by atoms with Gasteiger partial charge in [0.1, 0.15) is 11.5 Å². The van der Waals surface area contributed by atoms with Crippen LogP contribution in [-0.4, -0.2) is 30.1 Å². The second-order valence-corrected chi connectivity index (χ2v) is 7.46. The molecular formula is C18H25N3O2S. The first-order chi connectivity index (χ1) is 11.5. The van der Waals surface area contributed by atoms with Crippen LogP contribution in [0.2, 0.25) is 0 Å². The Balaban J connectivity index is 1.44. The van der Waals surface area contributed by atoms with Gasteiger partial charge in [0.2, 0.25) is 0 Å². The van der Waals surface area contributed by atoms with Crippen LogP contribution in [0.1, 0.15) is 41.9 Å². The minimum atomic E-state index is -0.156. The van der Waals surface area contributed by atoms with Crippen molar-refractivity contribution >= 4 is 17.4 Å². The molecular weight excluding hydrogens is 322 g/mol. The molecule has 1 aliphatic rings. The Labute approximate surface area is 147 Å². The molecule has 0 saturated heterocycles. The van der Waals surface area contributed by atoms with Gasteiger partial charge in [-0.2, -0.15) is 0 Å². The number of urea groups is 1. The highest BCUT2D eigenvalue weighted by Gasteiger charge is 2.22. The van der Waals surface area contributed by atoms with E-state index >= 15 is 0 Å². The van der Waals surface area contributed by atoms with Crippen LogP contribution in [0.25, 0.3) is 0 Å². The Kier molecular flexibility index (Phi) is 5.26. The van der Waals surface area contributed by atoms with Crippen molar-refractivity contribution < 1.29 is 9.21 Å². The first kappa shape index (κ1) is 17.0. The van der Waals surface area contributed by atoms with E-state index in [2.05, 4.69) is 33.9 Å². The molecule has 0 bridgehead atoms. The fourth-order valence-corrected chi connectivity index (χ4v) is 3.91. The monoisotopic (exact) mass is 347 g/mol. The van der Waals surface area contributed by atoms with Crippen molar-refractivity contribution in [2.45, 2.75) is 45.8 Å². The van der Waals surface area contributed by atoms with Crippen molar-refractivity contribution in [1.82, 2.24) is 15.5 Å². The first-order valence-electron chi connectivity index (χ1n) is 8.43. The van der Waals surface area contributed by atoms with Crippen LogP contribution < -0.4 is 10.6 Å². The van der Waals surface area contributed by atoms with Gasteiger partial charge in [-0.3, -0.25) is 4.90 Å². The van der Waals surface area contributed by atoms with Gasteiger partial charge in [-0.1, -0.05) is 0 Å². The maximum Gasteiger partial charge on any atom is 0.315 e. The van der Waals surface area contributed by atoms with Crippen LogP contribution in [0.4, 0.5) is 4.79 Å². The van der Waals surface area contributed by atoms with E-state index in [0.717, 1.165) is 31.0 Å². The van der Waals surface area contributed by atoms with E-state index in [4.69, 9.17) is 4.42 Å². The number of furan rings is 1. The molecule has 1 aliphatic heterocycles. The smallest absolute Gasteiger partial charge is 0.315 e. The molecule has 24 heavy (non-hydrogen) atoms. The molecule has 0 saturated carbocycles. The molecule has 3 rings (SSSR count). The highest BCUT2D eigenvalue weighted by molar-refractivity contribution is 7.10. The molecule has 130 valence electrons. The zero-order chi connectivity index (χ0) is 17.1. The minimum absolute atomic E-state index is 0.141. The molecule has 2 aromatic rings. The van der Waals surface area contributed by atoms with Crippen molar-refractivity contribution in [3.8, 4) is 0 Å². The predicted octanol–water partition coefficient (Wildman–Crippen LogP) is 3.46. The Morgan fingerprint density at radius 2 is 2.21 bits per heavy atom. The van der Waals surface area contributed by atoms with Gasteiger partial charge in [0.15, 0.2) is 0 Å². The van der Waals surface area contributed by atoms with Crippen molar-refractivity contribution in [2.75, 3.05) is 13.1 Å². The first-order valence-corrected chi connectivity index (χ1v) is 9.31. The summed E-state index contributed by atoms with van der Waals surface area (Å²) in [6, 6.07) is 6.03. The molecule has 5 nitrogen and oxygen atoms in total. The average Bonchev–Trinajstić information content (AvgIpc) is 3.20. The lowest BCUT2D eigenvalue weighted by atomic mass is 10.1. The fraction of sp³-hybridized carbons (Fsp3) is 0.500. The number of rotatable bonds is 5. The third-order valence-corrected chi connectivity index (χ3v) is 5.58. The Bertz CT molecular complexity index is 694. The summed E-state index contributed by atoms with van der Waals surface area (Å²) in [5, 5.41) is 8.06. The summed E-state index contributed by atoms with van der Waals surface area (Å²) in [5.74, 6) is 1.63. The lowest BCUT2D eigenvalue weighted by Gasteiger charge is -2.32. The maximum absolute atomic E-state index is 12.1. The highest BCUT2D eigenvalue weighted by Crippen LogP contribution is 2.25. The molecule has 2 N–H and O–H groups in total. The lowest BCUT2D eigenvalue weighted by molar-refractivity contribution is 0.185. The SMILES string of the molecule is Cc1ccc([C@H](C)NC(=O)NC[C@H](C)N2CCc3sccc3C2)o1. The molecule has 0 fully saturated rings. The van der Waals surface area contributed by atoms with Gasteiger partial charge in [0, 0.05) is 30.6 Å². The molecule has 2 amide bonds. The number of nitrogens with one attached hydrogen (secondary N) is 2. The van der Waals surface area contributed by atoms with E-state index in [0.29, 0.717) is 12.6 Å². The standard InChI is InChI=1S/C18H25N3O2S/c1-12(21-8-6-17-15(11-21)7-9-24-17)10-19-18(22)20-14(3)16-5-4-13(2)23-16/h4-5,7,9,12,14H,6,8,10-11H2,1-3H3,(H2,19,20,22)/t12-,14-/m0/s1. The largest absolute Gasteiger partial charge is 0.464 e. The maximum atomic E-state index is 12.1. The van der Waals surface area contributed by atoms with E-state index in [9.17, 15) is 4.79 Å². The zero-order valence-electron chi connectivity index (χ0n) is 14.5. The van der Waals surface area contributed by atoms with E-state index in [1.165, 1.54) is 10.4 Å². The number of carbonyl (C=O) groups excluding carboxylic acids is 1. The van der Waals surface area contributed by atoms with Crippen molar-refractivity contribution in [3.63, 3.8) is 0 Å². The molecule has 0 aromatic carbocycles. The summed E-state index contributed by atoms with van der Waals surface area (Å²) in [7, 11) is 0. The summed E-state index contributed by atoms with van der Waals surface area (Å²) in [5.41, 5.74) is 1.43. The van der Waals surface area contributed by atoms with Crippen LogP contribution in [0.3, 0.4) is 0 Å². The van der Waals surface area contributed by atoms with E-state index in [1.54, 1.807) is 0 Å². The average molecular weight is 347 g/mol. The molecule has 0 unspecified atom stereocenters. The number of hydrogen-bond acceptors (Lipinski definition) is 4. The molecule has 2 atom stereocenters. The van der Waals surface area contributed by atoms with Crippen molar-refractivity contribution in [1.29, 1.82) is 0 Å². The van der Waals surface area contributed by atoms with Gasteiger partial charge < -0.3 is 15.1 Å². The Morgan fingerprint density at radius 3 is 2.96 bits per heavy atom. The number of nitrogens with zero attached hydrogens (tertiary/aromatic N) is 1. The van der Waals surface area contributed by atoms with Crippen LogP contribution >= 0.6 is 11.3 Å². The Hall–Kier alpha value is -1.79. The molecule has 6 heteroatoms. The van der Waals surface area contributed by atoms with Gasteiger partial charge in [0.25, 0.3) is 0 Å². The topological polar surface area (TPSA) is 57.5 Å². The van der Waals surface area contributed by atoms with Crippen molar-refractivity contribution in [2.24, 2.45) is 0 Å². The van der Waals surface area contributed by atoms with Gasteiger partial charge in [0.05, 0.1) is 6.04 Å². The lowest BCUT2D eigenvalue weighted by Crippen LogP contribution is -2.46. The van der Waals surface area contributed by atoms with Gasteiger partial charge in [-0.15, -0.1) is 11.3 Å². The van der Waals surface area contributed by atoms with Crippen LogP contribution in [0, 0.1) is 6.92 Å². The summed E-state index contributed by atoms with van der Waals surface area (Å²) in [6.07, 6.45) is 1.11. The zero-order valence-corrected chi connectivity index (χ0v) is 15.3. The number of thiophene rings is 1. The number of hydrogen-bond donors (Lipinski definition) is 2. The molecule has 3 heterocycles. The number of amides is 2. The van der Waals surface area contributed by atoms with Crippen LogP contribution in [0.5, 0.6) is 0 Å². The Morgan fingerprint density at radius 1 is 1.38 bits per heavy atom. The number of carbonyl (C=O) groups is 1. The number of aryl methyl sites for hydroxylation is 1. The fourth-order valence-electron chi connectivity index (χ4n) is 3.02. The van der Waals surface area contributed by atoms with Crippen LogP contribution in [0.15, 0.2) is 28.0 Å². The van der Waals surface area contributed by atoms with Crippen molar-refractivity contribution in [3.05, 3.63) is 45.5 Å². The van der Waals surface area contributed by atoms with E-state index in [1.807, 2.05) is 37.3 Å².